The third-order valence-electron chi connectivity index (χ3n) is 5.12. The van der Waals surface area contributed by atoms with Crippen LogP contribution in [0.5, 0.6) is 5.75 Å². The first-order valence-electron chi connectivity index (χ1n) is 9.42. The summed E-state index contributed by atoms with van der Waals surface area (Å²) in [4.78, 5) is 24.6. The van der Waals surface area contributed by atoms with Crippen molar-refractivity contribution in [3.8, 4) is 5.75 Å². The van der Waals surface area contributed by atoms with E-state index in [-0.39, 0.29) is 30.5 Å². The molecule has 4 atom stereocenters. The first kappa shape index (κ1) is 20.0. The van der Waals surface area contributed by atoms with E-state index in [1.54, 1.807) is 24.3 Å². The lowest BCUT2D eigenvalue weighted by Gasteiger charge is -2.21. The molecule has 2 aromatic heterocycles. The number of anilines is 1. The Morgan fingerprint density at radius 1 is 1.23 bits per heavy atom. The standard InChI is InChI=1S/C19H22N6O5/c20-17-15-18(22-8-21-17)25(9-23-15)19-16(29)14(12(7-26)30-19)24-13(28)6-3-10-1-4-11(27)5-2-10/h1-2,4-5,8-9,12,14,16,19,26-27,29H,3,6-7H2,(H,24,28)(H2,20,21,22)/t12-,14?,16?,19-/m1/s1. The average molecular weight is 414 g/mol. The number of imidazole rings is 1. The Morgan fingerprint density at radius 3 is 2.73 bits per heavy atom. The minimum atomic E-state index is -1.15. The molecular weight excluding hydrogens is 392 g/mol. The Kier molecular flexibility index (Phi) is 5.48. The topological polar surface area (TPSA) is 169 Å². The lowest BCUT2D eigenvalue weighted by molar-refractivity contribution is -0.122. The number of aromatic hydroxyl groups is 1. The molecule has 1 saturated heterocycles. The summed E-state index contributed by atoms with van der Waals surface area (Å²) in [6, 6.07) is 5.77. The summed E-state index contributed by atoms with van der Waals surface area (Å²) in [5, 5.41) is 32.6. The predicted octanol–water partition coefficient (Wildman–Crippen LogP) is -0.518. The number of hydrogen-bond donors (Lipinski definition) is 5. The molecule has 158 valence electrons. The van der Waals surface area contributed by atoms with Crippen molar-refractivity contribution in [3.05, 3.63) is 42.5 Å². The minimum absolute atomic E-state index is 0.158. The number of aliphatic hydroxyl groups is 2. The smallest absolute Gasteiger partial charge is 0.220 e. The molecule has 0 spiro atoms. The molecule has 0 aliphatic carbocycles. The molecule has 11 heteroatoms. The maximum Gasteiger partial charge on any atom is 0.220 e. The predicted molar refractivity (Wildman–Crippen MR) is 105 cm³/mol. The van der Waals surface area contributed by atoms with Gasteiger partial charge in [0.2, 0.25) is 5.91 Å². The van der Waals surface area contributed by atoms with Gasteiger partial charge in [0.05, 0.1) is 19.0 Å². The quantitative estimate of drug-likeness (QED) is 0.356. The first-order valence-corrected chi connectivity index (χ1v) is 9.42. The van der Waals surface area contributed by atoms with E-state index in [2.05, 4.69) is 20.3 Å². The van der Waals surface area contributed by atoms with Crippen LogP contribution in [0.25, 0.3) is 11.2 Å². The average Bonchev–Trinajstić information content (AvgIpc) is 3.30. The fraction of sp³-hybridized carbons (Fsp3) is 0.368. The second-order valence-corrected chi connectivity index (χ2v) is 7.08. The van der Waals surface area contributed by atoms with Crippen LogP contribution in [0.1, 0.15) is 18.2 Å². The van der Waals surface area contributed by atoms with Crippen molar-refractivity contribution < 1.29 is 24.9 Å². The van der Waals surface area contributed by atoms with Gasteiger partial charge in [0.15, 0.2) is 17.7 Å². The Bertz CT molecular complexity index is 1040. The summed E-state index contributed by atoms with van der Waals surface area (Å²) in [6.07, 6.45) is 0.479. The lowest BCUT2D eigenvalue weighted by atomic mass is 10.1. The zero-order valence-electron chi connectivity index (χ0n) is 15.9. The van der Waals surface area contributed by atoms with Crippen molar-refractivity contribution in [1.82, 2.24) is 24.8 Å². The number of nitrogens with zero attached hydrogens (tertiary/aromatic N) is 4. The summed E-state index contributed by atoms with van der Waals surface area (Å²) < 4.78 is 7.29. The summed E-state index contributed by atoms with van der Waals surface area (Å²) in [6.45, 7) is -0.389. The van der Waals surface area contributed by atoms with Gasteiger partial charge in [-0.05, 0) is 24.1 Å². The van der Waals surface area contributed by atoms with Gasteiger partial charge in [0, 0.05) is 6.42 Å². The Balaban J connectivity index is 1.46. The van der Waals surface area contributed by atoms with Crippen LogP contribution in [0.15, 0.2) is 36.9 Å². The van der Waals surface area contributed by atoms with E-state index >= 15 is 0 Å². The Morgan fingerprint density at radius 2 is 2.00 bits per heavy atom. The van der Waals surface area contributed by atoms with Gasteiger partial charge in [-0.2, -0.15) is 0 Å². The molecule has 2 unspecified atom stereocenters. The van der Waals surface area contributed by atoms with Crippen molar-refractivity contribution in [3.63, 3.8) is 0 Å². The van der Waals surface area contributed by atoms with Crippen LogP contribution in [-0.4, -0.2) is 65.6 Å². The Labute approximate surface area is 171 Å². The molecule has 3 aromatic rings. The molecule has 6 N–H and O–H groups in total. The number of phenols is 1. The fourth-order valence-electron chi connectivity index (χ4n) is 3.54. The number of nitrogens with two attached hydrogens (primary N) is 1. The van der Waals surface area contributed by atoms with Gasteiger partial charge in [-0.3, -0.25) is 9.36 Å². The van der Waals surface area contributed by atoms with Crippen molar-refractivity contribution in [2.45, 2.75) is 37.3 Å². The number of phenolic OH excluding ortho intramolecular Hbond substituents is 1. The zero-order chi connectivity index (χ0) is 21.3. The van der Waals surface area contributed by atoms with Crippen molar-refractivity contribution >= 4 is 22.9 Å². The summed E-state index contributed by atoms with van der Waals surface area (Å²) >= 11 is 0. The highest BCUT2D eigenvalue weighted by Crippen LogP contribution is 2.32. The summed E-state index contributed by atoms with van der Waals surface area (Å²) in [7, 11) is 0. The molecule has 1 aliphatic heterocycles. The number of nitrogens with one attached hydrogen (secondary N) is 1. The number of carbonyl (C=O) groups is 1. The van der Waals surface area contributed by atoms with Crippen LogP contribution in [0.2, 0.25) is 0 Å². The van der Waals surface area contributed by atoms with Crippen LogP contribution in [-0.2, 0) is 16.0 Å². The van der Waals surface area contributed by atoms with Crippen LogP contribution in [0, 0.1) is 0 Å². The van der Waals surface area contributed by atoms with Crippen molar-refractivity contribution in [2.24, 2.45) is 0 Å². The largest absolute Gasteiger partial charge is 0.508 e. The Hall–Kier alpha value is -3.28. The van der Waals surface area contributed by atoms with Gasteiger partial charge in [0.1, 0.15) is 29.8 Å². The maximum atomic E-state index is 12.4. The molecule has 0 radical (unpaired) electrons. The van der Waals surface area contributed by atoms with E-state index in [0.717, 1.165) is 5.56 Å². The lowest BCUT2D eigenvalue weighted by Crippen LogP contribution is -2.48. The second-order valence-electron chi connectivity index (χ2n) is 7.08. The zero-order valence-corrected chi connectivity index (χ0v) is 15.9. The highest BCUT2D eigenvalue weighted by Gasteiger charge is 2.45. The van der Waals surface area contributed by atoms with Crippen LogP contribution < -0.4 is 11.1 Å². The molecule has 30 heavy (non-hydrogen) atoms. The number of aromatic nitrogens is 4. The number of aliphatic hydroxyl groups excluding tert-OH is 2. The molecule has 0 saturated carbocycles. The normalized spacial score (nSPS) is 23.7. The fourth-order valence-corrected chi connectivity index (χ4v) is 3.54. The number of rotatable bonds is 6. The third-order valence-corrected chi connectivity index (χ3v) is 5.12. The van der Waals surface area contributed by atoms with Gasteiger partial charge in [0.25, 0.3) is 0 Å². The van der Waals surface area contributed by atoms with Gasteiger partial charge in [-0.1, -0.05) is 12.1 Å². The third kappa shape index (κ3) is 3.77. The number of amides is 1. The molecule has 1 aliphatic rings. The summed E-state index contributed by atoms with van der Waals surface area (Å²) in [5.74, 6) is 0.0613. The van der Waals surface area contributed by atoms with E-state index in [4.69, 9.17) is 10.5 Å². The van der Waals surface area contributed by atoms with Crippen LogP contribution >= 0.6 is 0 Å². The van der Waals surface area contributed by atoms with Crippen LogP contribution in [0.4, 0.5) is 5.82 Å². The van der Waals surface area contributed by atoms with Gasteiger partial charge >= 0.3 is 0 Å². The van der Waals surface area contributed by atoms with E-state index in [9.17, 15) is 20.1 Å². The maximum absolute atomic E-state index is 12.4. The SMILES string of the molecule is Nc1ncnc2c1ncn2[C@@H]1O[C@H](CO)C(NC(=O)CCc2ccc(O)cc2)C1O. The number of nitrogen functional groups attached to an aromatic ring is 1. The number of benzene rings is 1. The molecule has 11 nitrogen and oxygen atoms in total. The number of carbonyl (C=O) groups excluding carboxylic acids is 1. The molecule has 1 amide bonds. The van der Waals surface area contributed by atoms with Gasteiger partial charge in [-0.25, -0.2) is 15.0 Å². The number of fused-ring (bicyclic) bond motifs is 1. The van der Waals surface area contributed by atoms with Crippen LogP contribution in [0.3, 0.4) is 0 Å². The van der Waals surface area contributed by atoms with E-state index in [1.807, 2.05) is 0 Å². The molecule has 4 rings (SSSR count). The molecule has 1 fully saturated rings. The monoisotopic (exact) mass is 414 g/mol. The second kappa shape index (κ2) is 8.22. The van der Waals surface area contributed by atoms with Crippen molar-refractivity contribution in [2.75, 3.05) is 12.3 Å². The molecular formula is C19H22N6O5. The van der Waals surface area contributed by atoms with Gasteiger partial charge < -0.3 is 31.1 Å². The molecule has 3 heterocycles. The van der Waals surface area contributed by atoms with Gasteiger partial charge in [-0.15, -0.1) is 0 Å². The highest BCUT2D eigenvalue weighted by molar-refractivity contribution is 5.81. The number of hydrogen-bond acceptors (Lipinski definition) is 9. The van der Waals surface area contributed by atoms with E-state index in [1.165, 1.54) is 17.2 Å². The number of ether oxygens (including phenoxy) is 1. The summed E-state index contributed by atoms with van der Waals surface area (Å²) in [5.41, 5.74) is 7.44. The van der Waals surface area contributed by atoms with E-state index < -0.39 is 24.5 Å². The minimum Gasteiger partial charge on any atom is -0.508 e. The van der Waals surface area contributed by atoms with Crippen molar-refractivity contribution in [1.29, 1.82) is 0 Å². The highest BCUT2D eigenvalue weighted by atomic mass is 16.5. The van der Waals surface area contributed by atoms with E-state index in [0.29, 0.717) is 17.6 Å². The first-order chi connectivity index (χ1) is 14.5. The number of aryl methyl sites for hydroxylation is 1. The molecule has 1 aromatic carbocycles. The molecule has 0 bridgehead atoms.